The number of nitrogens with zero attached hydrogens (tertiary/aromatic N) is 2. The molecule has 3 N–H and O–H groups in total. The molecular weight excluding hydrogens is 206 g/mol. The molecule has 92 valence electrons. The molecule has 0 aromatic heterocycles. The maximum atomic E-state index is 12.1. The molecule has 0 spiro atoms. The predicted octanol–water partition coefficient (Wildman–Crippen LogP) is -0.996. The largest absolute Gasteiger partial charge is 0.395 e. The zero-order chi connectivity index (χ0) is 11.6. The van der Waals surface area contributed by atoms with E-state index in [9.17, 15) is 4.79 Å². The summed E-state index contributed by atoms with van der Waals surface area (Å²) in [5, 5.41) is 8.83. The predicted molar refractivity (Wildman–Crippen MR) is 60.9 cm³/mol. The van der Waals surface area contributed by atoms with E-state index in [1.165, 1.54) is 0 Å². The van der Waals surface area contributed by atoms with Crippen molar-refractivity contribution < 1.29 is 9.90 Å². The van der Waals surface area contributed by atoms with E-state index in [2.05, 4.69) is 4.90 Å². The third kappa shape index (κ3) is 2.21. The number of aliphatic hydroxyl groups excluding tert-OH is 1. The molecule has 16 heavy (non-hydrogen) atoms. The molecule has 2 aliphatic rings. The van der Waals surface area contributed by atoms with Crippen LogP contribution < -0.4 is 5.73 Å². The summed E-state index contributed by atoms with van der Waals surface area (Å²) in [5.74, 6) is 0.127. The number of hydrogen-bond donors (Lipinski definition) is 2. The van der Waals surface area contributed by atoms with Gasteiger partial charge in [0.2, 0.25) is 5.91 Å². The van der Waals surface area contributed by atoms with Gasteiger partial charge in [-0.1, -0.05) is 0 Å². The van der Waals surface area contributed by atoms with E-state index in [0.717, 1.165) is 45.4 Å². The molecule has 0 unspecified atom stereocenters. The van der Waals surface area contributed by atoms with Gasteiger partial charge in [0.05, 0.1) is 12.1 Å². The molecule has 1 saturated carbocycles. The van der Waals surface area contributed by atoms with Gasteiger partial charge in [-0.25, -0.2) is 0 Å². The van der Waals surface area contributed by atoms with Crippen molar-refractivity contribution in [2.45, 2.75) is 24.8 Å². The first kappa shape index (κ1) is 11.8. The molecule has 2 rings (SSSR count). The number of carbonyl (C=O) groups is 1. The first-order valence-electron chi connectivity index (χ1n) is 6.07. The highest BCUT2D eigenvalue weighted by molar-refractivity contribution is 5.87. The molecule has 0 aromatic carbocycles. The van der Waals surface area contributed by atoms with Gasteiger partial charge in [-0.15, -0.1) is 0 Å². The highest BCUT2D eigenvalue weighted by atomic mass is 16.3. The Morgan fingerprint density at radius 3 is 2.31 bits per heavy atom. The molecule has 1 aliphatic carbocycles. The summed E-state index contributed by atoms with van der Waals surface area (Å²) in [5.41, 5.74) is 5.47. The van der Waals surface area contributed by atoms with Crippen molar-refractivity contribution in [3.05, 3.63) is 0 Å². The van der Waals surface area contributed by atoms with Crippen molar-refractivity contribution in [2.75, 3.05) is 39.3 Å². The van der Waals surface area contributed by atoms with Crippen LogP contribution in [0.3, 0.4) is 0 Å². The average Bonchev–Trinajstić information content (AvgIpc) is 2.26. The fourth-order valence-corrected chi connectivity index (χ4v) is 2.40. The van der Waals surface area contributed by atoms with E-state index >= 15 is 0 Å². The van der Waals surface area contributed by atoms with Crippen LogP contribution in [0.15, 0.2) is 0 Å². The number of carbonyl (C=O) groups excluding carboxylic acids is 1. The first-order valence-corrected chi connectivity index (χ1v) is 6.07. The highest BCUT2D eigenvalue weighted by Crippen LogP contribution is 2.31. The molecule has 5 nitrogen and oxygen atoms in total. The number of aliphatic hydroxyl groups is 1. The van der Waals surface area contributed by atoms with Crippen LogP contribution in [0.4, 0.5) is 0 Å². The van der Waals surface area contributed by atoms with Crippen LogP contribution in [0.1, 0.15) is 19.3 Å². The minimum Gasteiger partial charge on any atom is -0.395 e. The second-order valence-corrected chi connectivity index (χ2v) is 4.87. The molecule has 1 amide bonds. The molecule has 2 fully saturated rings. The van der Waals surface area contributed by atoms with Crippen LogP contribution in [-0.4, -0.2) is 65.7 Å². The molecule has 1 saturated heterocycles. The van der Waals surface area contributed by atoms with Gasteiger partial charge < -0.3 is 15.7 Å². The van der Waals surface area contributed by atoms with Crippen molar-refractivity contribution >= 4 is 5.91 Å². The fraction of sp³-hybridized carbons (Fsp3) is 0.909. The summed E-state index contributed by atoms with van der Waals surface area (Å²) in [6.07, 6.45) is 2.75. The minimum absolute atomic E-state index is 0.127. The average molecular weight is 227 g/mol. The van der Waals surface area contributed by atoms with Crippen LogP contribution in [0.5, 0.6) is 0 Å². The third-order valence-corrected chi connectivity index (χ3v) is 3.75. The lowest BCUT2D eigenvalue weighted by molar-refractivity contribution is -0.142. The monoisotopic (exact) mass is 227 g/mol. The van der Waals surface area contributed by atoms with Gasteiger partial charge in [-0.3, -0.25) is 9.69 Å². The Kier molecular flexibility index (Phi) is 3.47. The van der Waals surface area contributed by atoms with Crippen molar-refractivity contribution in [1.82, 2.24) is 9.80 Å². The lowest BCUT2D eigenvalue weighted by Gasteiger charge is -2.43. The molecular formula is C11H21N3O2. The molecule has 0 aromatic rings. The Morgan fingerprint density at radius 1 is 1.25 bits per heavy atom. The number of hydrogen-bond acceptors (Lipinski definition) is 4. The van der Waals surface area contributed by atoms with E-state index in [1.54, 1.807) is 0 Å². The maximum Gasteiger partial charge on any atom is 0.242 e. The van der Waals surface area contributed by atoms with Gasteiger partial charge in [-0.05, 0) is 19.3 Å². The highest BCUT2D eigenvalue weighted by Gasteiger charge is 2.43. The smallest absolute Gasteiger partial charge is 0.242 e. The Morgan fingerprint density at radius 2 is 1.88 bits per heavy atom. The number of β-amino-alcohol motifs (C(OH)–C–C–N with tert-alkyl or cyclic N) is 1. The lowest BCUT2D eigenvalue weighted by atomic mass is 9.76. The Bertz CT molecular complexity index is 258. The molecule has 1 heterocycles. The second kappa shape index (κ2) is 4.69. The van der Waals surface area contributed by atoms with Crippen molar-refractivity contribution in [1.29, 1.82) is 0 Å². The van der Waals surface area contributed by atoms with Gasteiger partial charge in [0.1, 0.15) is 0 Å². The van der Waals surface area contributed by atoms with Crippen molar-refractivity contribution in [2.24, 2.45) is 5.73 Å². The van der Waals surface area contributed by atoms with Crippen LogP contribution in [-0.2, 0) is 4.79 Å². The normalized spacial score (nSPS) is 25.2. The number of amides is 1. The van der Waals surface area contributed by atoms with Crippen LogP contribution >= 0.6 is 0 Å². The number of piperazine rings is 1. The summed E-state index contributed by atoms with van der Waals surface area (Å²) in [6, 6.07) is 0. The topological polar surface area (TPSA) is 69.8 Å². The molecule has 0 bridgehead atoms. The van der Waals surface area contributed by atoms with E-state index < -0.39 is 5.54 Å². The van der Waals surface area contributed by atoms with Gasteiger partial charge in [0.15, 0.2) is 0 Å². The Hall–Kier alpha value is -0.650. The molecule has 0 atom stereocenters. The zero-order valence-corrected chi connectivity index (χ0v) is 9.69. The summed E-state index contributed by atoms with van der Waals surface area (Å²) in [4.78, 5) is 16.2. The number of nitrogens with two attached hydrogens (primary N) is 1. The van der Waals surface area contributed by atoms with E-state index in [0.29, 0.717) is 6.54 Å². The summed E-state index contributed by atoms with van der Waals surface area (Å²) >= 11 is 0. The van der Waals surface area contributed by atoms with Gasteiger partial charge in [0.25, 0.3) is 0 Å². The summed E-state index contributed by atoms with van der Waals surface area (Å²) in [6.45, 7) is 4.09. The minimum atomic E-state index is -0.556. The number of rotatable bonds is 3. The Balaban J connectivity index is 1.82. The molecule has 0 radical (unpaired) electrons. The van der Waals surface area contributed by atoms with Crippen LogP contribution in [0.2, 0.25) is 0 Å². The maximum absolute atomic E-state index is 12.1. The van der Waals surface area contributed by atoms with Gasteiger partial charge >= 0.3 is 0 Å². The third-order valence-electron chi connectivity index (χ3n) is 3.75. The van der Waals surface area contributed by atoms with Crippen molar-refractivity contribution in [3.63, 3.8) is 0 Å². The first-order chi connectivity index (χ1) is 7.65. The van der Waals surface area contributed by atoms with E-state index in [1.807, 2.05) is 4.90 Å². The molecule has 1 aliphatic heterocycles. The lowest BCUT2D eigenvalue weighted by Crippen LogP contribution is -2.62. The zero-order valence-electron chi connectivity index (χ0n) is 9.69. The summed E-state index contributed by atoms with van der Waals surface area (Å²) in [7, 11) is 0. The standard InChI is InChI=1S/C11H21N3O2/c12-11(2-1-3-11)10(16)14-6-4-13(5-7-14)8-9-15/h15H,1-9,12H2. The van der Waals surface area contributed by atoms with Crippen LogP contribution in [0.25, 0.3) is 0 Å². The van der Waals surface area contributed by atoms with Crippen LogP contribution in [0, 0.1) is 0 Å². The van der Waals surface area contributed by atoms with Gasteiger partial charge in [0, 0.05) is 32.7 Å². The van der Waals surface area contributed by atoms with Crippen molar-refractivity contribution in [3.8, 4) is 0 Å². The van der Waals surface area contributed by atoms with E-state index in [4.69, 9.17) is 10.8 Å². The SMILES string of the molecule is NC1(C(=O)N2CCN(CCO)CC2)CCC1. The quantitative estimate of drug-likeness (QED) is 0.649. The fourth-order valence-electron chi connectivity index (χ4n) is 2.40. The van der Waals surface area contributed by atoms with Gasteiger partial charge in [-0.2, -0.15) is 0 Å². The Labute approximate surface area is 96.2 Å². The molecule has 5 heteroatoms. The van der Waals surface area contributed by atoms with E-state index in [-0.39, 0.29) is 12.5 Å². The summed E-state index contributed by atoms with van der Waals surface area (Å²) < 4.78 is 0. The second-order valence-electron chi connectivity index (χ2n) is 4.87.